The van der Waals surface area contributed by atoms with Crippen molar-refractivity contribution in [3.8, 4) is 20.9 Å². The number of benzene rings is 4. The second kappa shape index (κ2) is 17.2. The minimum Gasteiger partial charge on any atom is -0.325 e. The van der Waals surface area contributed by atoms with Crippen LogP contribution in [0, 0.1) is 39.8 Å². The average molecular weight is 950 g/mol. The van der Waals surface area contributed by atoms with Gasteiger partial charge < -0.3 is 9.98 Å². The molecule has 0 atom stereocenters. The Morgan fingerprint density at radius 3 is 1.62 bits per heavy atom. The van der Waals surface area contributed by atoms with E-state index in [0.717, 1.165) is 56.5 Å². The van der Waals surface area contributed by atoms with Gasteiger partial charge in [-0.3, -0.25) is 9.98 Å². The SMILES string of the molecule is Cc1[c-]c(-c2ccc(C3=Cc4ccccc4C3)s2)c2c(c1C)=NCN=2.Cc1[c-]c(C)c2c(c1-c1ccc(C3=Cc4ccccc4C3)s1)=NCN=2.[Y].[Y].[Y]. The van der Waals surface area contributed by atoms with Crippen molar-refractivity contribution in [2.24, 2.45) is 20.0 Å². The van der Waals surface area contributed by atoms with Gasteiger partial charge in [0.1, 0.15) is 13.3 Å². The maximum Gasteiger partial charge on any atom is 0.118 e. The molecule has 4 aliphatic rings. The van der Waals surface area contributed by atoms with E-state index in [9.17, 15) is 0 Å². The van der Waals surface area contributed by atoms with Crippen LogP contribution in [0.1, 0.15) is 54.3 Å². The van der Waals surface area contributed by atoms with Crippen LogP contribution in [0.5, 0.6) is 0 Å². The second-order valence-corrected chi connectivity index (χ2v) is 15.4. The van der Waals surface area contributed by atoms with Gasteiger partial charge in [0.25, 0.3) is 0 Å². The maximum atomic E-state index is 4.64. The van der Waals surface area contributed by atoms with E-state index >= 15 is 0 Å². The predicted molar refractivity (Wildman–Crippen MR) is 207 cm³/mol. The van der Waals surface area contributed by atoms with Gasteiger partial charge in [0.2, 0.25) is 0 Å². The van der Waals surface area contributed by atoms with Crippen LogP contribution in [0.3, 0.4) is 0 Å². The van der Waals surface area contributed by atoms with Crippen LogP contribution in [-0.4, -0.2) is 13.3 Å². The van der Waals surface area contributed by atoms with E-state index in [-0.39, 0.29) is 98.1 Å². The van der Waals surface area contributed by atoms with E-state index in [1.165, 1.54) is 64.0 Å². The summed E-state index contributed by atoms with van der Waals surface area (Å²) in [7, 11) is 0. The fraction of sp³-hybridized carbons (Fsp3) is 0.182. The summed E-state index contributed by atoms with van der Waals surface area (Å²) in [4.78, 5) is 23.5. The summed E-state index contributed by atoms with van der Waals surface area (Å²) in [6.45, 7) is 9.50. The van der Waals surface area contributed by atoms with Crippen molar-refractivity contribution in [1.82, 2.24) is 0 Å². The van der Waals surface area contributed by atoms with Crippen LogP contribution in [0.25, 0.3) is 44.2 Å². The fourth-order valence-corrected chi connectivity index (χ4v) is 9.53. The predicted octanol–water partition coefficient (Wildman–Crippen LogP) is 8.27. The molecule has 0 unspecified atom stereocenters. The third-order valence-corrected chi connectivity index (χ3v) is 12.4. The molecule has 4 aromatic carbocycles. The van der Waals surface area contributed by atoms with E-state index in [1.807, 2.05) is 22.7 Å². The molecule has 0 saturated carbocycles. The van der Waals surface area contributed by atoms with E-state index in [4.69, 9.17) is 0 Å². The van der Waals surface area contributed by atoms with E-state index in [1.54, 1.807) is 0 Å². The van der Waals surface area contributed by atoms with Crippen molar-refractivity contribution in [3.05, 3.63) is 161 Å². The molecule has 2 aliphatic carbocycles. The van der Waals surface area contributed by atoms with Gasteiger partial charge in [0, 0.05) is 119 Å². The Morgan fingerprint density at radius 2 is 1.00 bits per heavy atom. The number of nitrogens with zero attached hydrogens (tertiary/aromatic N) is 4. The minimum absolute atomic E-state index is 0. The van der Waals surface area contributed by atoms with Gasteiger partial charge in [-0.2, -0.15) is 23.0 Å². The van der Waals surface area contributed by atoms with Gasteiger partial charge in [-0.25, -0.2) is 0 Å². The molecule has 4 heterocycles. The largest absolute Gasteiger partial charge is 0.325 e. The molecule has 10 rings (SSSR count). The van der Waals surface area contributed by atoms with E-state index < -0.39 is 0 Å². The van der Waals surface area contributed by atoms with Crippen LogP contribution in [0.4, 0.5) is 0 Å². The standard InChI is InChI=1S/2C22H17N2S.3Y/c1-13-9-18(22-21(14(13)2)23-12-24-22)20-8-7-19(25-20)17-10-15-5-3-4-6-16(15)11-17;1-13-9-14(2)21-22(24-12-23-21)20(13)19-8-7-18(25-19)17-10-15-5-3-4-6-16(15)11-17;;;/h2*3-8,10H,11-12H2,1-2H3;;;/q2*-1;;;. The van der Waals surface area contributed by atoms with E-state index in [2.05, 4.69) is 145 Å². The zero-order chi connectivity index (χ0) is 33.9. The molecule has 0 N–H and O–H groups in total. The third kappa shape index (κ3) is 7.84. The maximum absolute atomic E-state index is 4.64. The van der Waals surface area contributed by atoms with Crippen molar-refractivity contribution >= 4 is 46.0 Å². The van der Waals surface area contributed by atoms with Crippen LogP contribution in [0.2, 0.25) is 0 Å². The monoisotopic (exact) mass is 949 g/mol. The average Bonchev–Trinajstić information content (AvgIpc) is 3.97. The molecule has 9 heteroatoms. The number of thiophene rings is 2. The number of allylic oxidation sites excluding steroid dienone is 2. The first-order valence-corrected chi connectivity index (χ1v) is 18.7. The summed E-state index contributed by atoms with van der Waals surface area (Å²) < 4.78 is 0. The fourth-order valence-electron chi connectivity index (χ4n) is 7.38. The topological polar surface area (TPSA) is 49.4 Å². The number of fused-ring (bicyclic) bond motifs is 4. The van der Waals surface area contributed by atoms with Gasteiger partial charge in [-0.05, 0) is 84.9 Å². The molecule has 3 radical (unpaired) electrons. The van der Waals surface area contributed by atoms with Gasteiger partial charge in [0.15, 0.2) is 0 Å². The van der Waals surface area contributed by atoms with Crippen molar-refractivity contribution in [2.75, 3.05) is 13.3 Å². The zero-order valence-electron chi connectivity index (χ0n) is 30.2. The van der Waals surface area contributed by atoms with Gasteiger partial charge in [-0.15, -0.1) is 39.7 Å². The van der Waals surface area contributed by atoms with Crippen molar-refractivity contribution in [1.29, 1.82) is 0 Å². The molecule has 6 aromatic rings. The molecule has 2 aromatic heterocycles. The molecule has 0 fully saturated rings. The first-order chi connectivity index (χ1) is 24.4. The Balaban J connectivity index is 0.000000172. The van der Waals surface area contributed by atoms with E-state index in [0.29, 0.717) is 13.3 Å². The Labute approximate surface area is 394 Å². The van der Waals surface area contributed by atoms with Crippen LogP contribution in [0.15, 0.2) is 92.8 Å². The smallest absolute Gasteiger partial charge is 0.118 e. The van der Waals surface area contributed by atoms with Crippen molar-refractivity contribution in [2.45, 2.75) is 40.5 Å². The van der Waals surface area contributed by atoms with Crippen LogP contribution in [-0.2, 0) is 111 Å². The molecular weight excluding hydrogens is 915 g/mol. The molecule has 53 heavy (non-hydrogen) atoms. The van der Waals surface area contributed by atoms with Crippen molar-refractivity contribution < 1.29 is 98.1 Å². The Morgan fingerprint density at radius 1 is 0.491 bits per heavy atom. The second-order valence-electron chi connectivity index (χ2n) is 13.2. The first kappa shape index (κ1) is 40.9. The number of rotatable bonds is 4. The third-order valence-electron chi connectivity index (χ3n) is 10.0. The molecule has 2 aliphatic heterocycles. The first-order valence-electron chi connectivity index (χ1n) is 17.0. The minimum atomic E-state index is 0. The van der Waals surface area contributed by atoms with Crippen LogP contribution >= 0.6 is 22.7 Å². The summed E-state index contributed by atoms with van der Waals surface area (Å²) in [5.41, 5.74) is 15.3. The van der Waals surface area contributed by atoms with Gasteiger partial charge >= 0.3 is 0 Å². The molecule has 253 valence electrons. The van der Waals surface area contributed by atoms with Crippen LogP contribution < -0.4 is 21.4 Å². The molecule has 0 saturated heterocycles. The number of aryl methyl sites for hydroxylation is 3. The summed E-state index contributed by atoms with van der Waals surface area (Å²) in [5.74, 6) is 0. The Kier molecular flexibility index (Phi) is 13.3. The molecule has 0 spiro atoms. The van der Waals surface area contributed by atoms with Gasteiger partial charge in [0.05, 0.1) is 0 Å². The zero-order valence-corrected chi connectivity index (χ0v) is 40.4. The number of hydrogen-bond acceptors (Lipinski definition) is 6. The Hall–Kier alpha value is -1.73. The molecule has 0 bridgehead atoms. The summed E-state index contributed by atoms with van der Waals surface area (Å²) in [5, 5.41) is 4.13. The summed E-state index contributed by atoms with van der Waals surface area (Å²) in [6.07, 6.45) is 6.68. The normalized spacial score (nSPS) is 13.7. The number of hydrogen-bond donors (Lipinski definition) is 0. The Bertz CT molecular complexity index is 2720. The molecule has 0 amide bonds. The molecular formula is C44H34N4S2Y3-2. The van der Waals surface area contributed by atoms with Gasteiger partial charge in [-0.1, -0.05) is 100.0 Å². The summed E-state index contributed by atoms with van der Waals surface area (Å²) >= 11 is 3.68. The molecule has 4 nitrogen and oxygen atoms in total. The quantitative estimate of drug-likeness (QED) is 0.160. The van der Waals surface area contributed by atoms with Crippen molar-refractivity contribution in [3.63, 3.8) is 0 Å². The summed E-state index contributed by atoms with van der Waals surface area (Å²) in [6, 6.07) is 33.2.